The van der Waals surface area contributed by atoms with Crippen LogP contribution in [0.25, 0.3) is 0 Å². The summed E-state index contributed by atoms with van der Waals surface area (Å²) in [6.45, 7) is 0. The first-order valence-corrected chi connectivity index (χ1v) is 6.20. The van der Waals surface area contributed by atoms with Gasteiger partial charge in [-0.1, -0.05) is 0 Å². The minimum Gasteiger partial charge on any atom is -0.495 e. The standard InChI is InChI=1S/C14H17NO2/c1-17-12-5-4-10-11(13(12)15)7-8-2-3-9(6-8)14(10)16/h4-5,8-9H,2-3,6-7,15H2,1H3. The van der Waals surface area contributed by atoms with Crippen LogP contribution in [0.15, 0.2) is 12.1 Å². The number of methoxy groups -OCH3 is 1. The van der Waals surface area contributed by atoms with Crippen LogP contribution >= 0.6 is 0 Å². The largest absolute Gasteiger partial charge is 0.495 e. The average Bonchev–Trinajstić information content (AvgIpc) is 2.73. The Morgan fingerprint density at radius 3 is 2.94 bits per heavy atom. The van der Waals surface area contributed by atoms with E-state index in [9.17, 15) is 4.79 Å². The van der Waals surface area contributed by atoms with Crippen molar-refractivity contribution in [2.45, 2.75) is 25.7 Å². The number of anilines is 1. The zero-order valence-corrected chi connectivity index (χ0v) is 10.0. The number of fused-ring (bicyclic) bond motifs is 3. The van der Waals surface area contributed by atoms with Gasteiger partial charge in [0.05, 0.1) is 12.8 Å². The second kappa shape index (κ2) is 3.76. The summed E-state index contributed by atoms with van der Waals surface area (Å²) in [7, 11) is 1.61. The molecule has 0 aliphatic heterocycles. The molecular weight excluding hydrogens is 214 g/mol. The molecule has 17 heavy (non-hydrogen) atoms. The highest BCUT2D eigenvalue weighted by molar-refractivity contribution is 6.01. The number of benzene rings is 1. The first-order valence-electron chi connectivity index (χ1n) is 6.20. The monoisotopic (exact) mass is 231 g/mol. The number of ketones is 1. The predicted octanol–water partition coefficient (Wildman–Crippen LogP) is 2.43. The molecule has 0 spiro atoms. The summed E-state index contributed by atoms with van der Waals surface area (Å²) in [6, 6.07) is 3.69. The van der Waals surface area contributed by atoms with Gasteiger partial charge in [0.2, 0.25) is 0 Å². The molecule has 3 heteroatoms. The fourth-order valence-corrected chi connectivity index (χ4v) is 3.28. The molecule has 90 valence electrons. The Balaban J connectivity index is 2.15. The van der Waals surface area contributed by atoms with E-state index in [1.807, 2.05) is 12.1 Å². The van der Waals surface area contributed by atoms with Crippen LogP contribution in [0.5, 0.6) is 5.75 Å². The molecule has 2 atom stereocenters. The Morgan fingerprint density at radius 1 is 1.35 bits per heavy atom. The lowest BCUT2D eigenvalue weighted by Crippen LogP contribution is -2.13. The molecule has 0 aromatic heterocycles. The van der Waals surface area contributed by atoms with Gasteiger partial charge in [0.15, 0.2) is 5.78 Å². The molecule has 0 amide bonds. The summed E-state index contributed by atoms with van der Waals surface area (Å²) in [5.41, 5.74) is 8.60. The number of hydrogen-bond acceptors (Lipinski definition) is 3. The van der Waals surface area contributed by atoms with E-state index in [4.69, 9.17) is 10.5 Å². The van der Waals surface area contributed by atoms with E-state index in [1.54, 1.807) is 7.11 Å². The van der Waals surface area contributed by atoms with Crippen LogP contribution in [0.2, 0.25) is 0 Å². The molecule has 2 aliphatic rings. The van der Waals surface area contributed by atoms with Crippen molar-refractivity contribution in [2.24, 2.45) is 11.8 Å². The van der Waals surface area contributed by atoms with Gasteiger partial charge in [-0.3, -0.25) is 4.79 Å². The van der Waals surface area contributed by atoms with Gasteiger partial charge in [-0.05, 0) is 49.3 Å². The van der Waals surface area contributed by atoms with E-state index in [2.05, 4.69) is 0 Å². The fourth-order valence-electron chi connectivity index (χ4n) is 3.28. The summed E-state index contributed by atoms with van der Waals surface area (Å²) >= 11 is 0. The third kappa shape index (κ3) is 1.53. The number of nitrogen functional groups attached to an aromatic ring is 1. The topological polar surface area (TPSA) is 52.3 Å². The molecule has 2 aliphatic carbocycles. The number of carbonyl (C=O) groups excluding carboxylic acids is 1. The van der Waals surface area contributed by atoms with Gasteiger partial charge in [0, 0.05) is 11.5 Å². The molecule has 2 N–H and O–H groups in total. The highest BCUT2D eigenvalue weighted by atomic mass is 16.5. The first-order chi connectivity index (χ1) is 8.20. The van der Waals surface area contributed by atoms with Crippen LogP contribution < -0.4 is 10.5 Å². The minimum absolute atomic E-state index is 0.231. The van der Waals surface area contributed by atoms with Crippen molar-refractivity contribution < 1.29 is 9.53 Å². The summed E-state index contributed by atoms with van der Waals surface area (Å²) in [5.74, 6) is 1.83. The minimum atomic E-state index is 0.231. The van der Waals surface area contributed by atoms with Crippen molar-refractivity contribution in [1.29, 1.82) is 0 Å². The Bertz CT molecular complexity index is 481. The Kier molecular flexibility index (Phi) is 2.35. The van der Waals surface area contributed by atoms with Crippen molar-refractivity contribution in [3.05, 3.63) is 23.3 Å². The number of carbonyl (C=O) groups is 1. The molecule has 1 saturated carbocycles. The highest BCUT2D eigenvalue weighted by Gasteiger charge is 2.36. The molecule has 1 aromatic rings. The SMILES string of the molecule is COc1ccc2c(c1N)CC1CCC(C1)C2=O. The summed E-state index contributed by atoms with van der Waals surface area (Å²) in [4.78, 5) is 12.3. The normalized spacial score (nSPS) is 26.5. The van der Waals surface area contributed by atoms with Crippen LogP contribution in [-0.2, 0) is 6.42 Å². The molecule has 0 saturated heterocycles. The Hall–Kier alpha value is -1.51. The van der Waals surface area contributed by atoms with Crippen molar-refractivity contribution >= 4 is 11.5 Å². The summed E-state index contributed by atoms with van der Waals surface area (Å²) in [6.07, 6.45) is 4.18. The third-order valence-corrected chi connectivity index (χ3v) is 4.21. The second-order valence-corrected chi connectivity index (χ2v) is 5.15. The molecule has 3 rings (SSSR count). The van der Waals surface area contributed by atoms with Gasteiger partial charge in [-0.2, -0.15) is 0 Å². The second-order valence-electron chi connectivity index (χ2n) is 5.15. The lowest BCUT2D eigenvalue weighted by Gasteiger charge is -2.16. The third-order valence-electron chi connectivity index (χ3n) is 4.21. The number of hydrogen-bond donors (Lipinski definition) is 1. The van der Waals surface area contributed by atoms with Gasteiger partial charge in [0.1, 0.15) is 5.75 Å². The van der Waals surface area contributed by atoms with Gasteiger partial charge < -0.3 is 10.5 Å². The van der Waals surface area contributed by atoms with Gasteiger partial charge in [0.25, 0.3) is 0 Å². The summed E-state index contributed by atoms with van der Waals surface area (Å²) in [5, 5.41) is 0. The smallest absolute Gasteiger partial charge is 0.166 e. The van der Waals surface area contributed by atoms with Gasteiger partial charge in [-0.25, -0.2) is 0 Å². The van der Waals surface area contributed by atoms with Crippen LogP contribution in [0.4, 0.5) is 5.69 Å². The van der Waals surface area contributed by atoms with Crippen LogP contribution in [0.1, 0.15) is 35.2 Å². The van der Waals surface area contributed by atoms with Crippen molar-refractivity contribution in [2.75, 3.05) is 12.8 Å². The predicted molar refractivity (Wildman–Crippen MR) is 66.3 cm³/mol. The molecule has 1 fully saturated rings. The molecular formula is C14H17NO2. The number of rotatable bonds is 1. The van der Waals surface area contributed by atoms with E-state index in [0.29, 0.717) is 17.4 Å². The van der Waals surface area contributed by atoms with Crippen LogP contribution in [-0.4, -0.2) is 12.9 Å². The zero-order valence-electron chi connectivity index (χ0n) is 10.0. The van der Waals surface area contributed by atoms with Gasteiger partial charge >= 0.3 is 0 Å². The number of ether oxygens (including phenoxy) is 1. The molecule has 0 radical (unpaired) electrons. The van der Waals surface area contributed by atoms with E-state index in [-0.39, 0.29) is 11.7 Å². The van der Waals surface area contributed by atoms with E-state index >= 15 is 0 Å². The zero-order chi connectivity index (χ0) is 12.0. The number of Topliss-reactive ketones (excluding diaryl/α,β-unsaturated/α-hetero) is 1. The fraction of sp³-hybridized carbons (Fsp3) is 0.500. The quantitative estimate of drug-likeness (QED) is 0.755. The Morgan fingerprint density at radius 2 is 2.18 bits per heavy atom. The number of nitrogens with two attached hydrogens (primary N) is 1. The van der Waals surface area contributed by atoms with Crippen molar-refractivity contribution in [1.82, 2.24) is 0 Å². The average molecular weight is 231 g/mol. The first kappa shape index (κ1) is 10.6. The highest BCUT2D eigenvalue weighted by Crippen LogP contribution is 2.42. The summed E-state index contributed by atoms with van der Waals surface area (Å²) < 4.78 is 5.23. The molecule has 2 bridgehead atoms. The maximum atomic E-state index is 12.3. The lowest BCUT2D eigenvalue weighted by molar-refractivity contribution is 0.0923. The van der Waals surface area contributed by atoms with E-state index < -0.39 is 0 Å². The molecule has 0 heterocycles. The Labute approximate surface area is 101 Å². The molecule has 3 nitrogen and oxygen atoms in total. The molecule has 1 aromatic carbocycles. The maximum absolute atomic E-state index is 12.3. The van der Waals surface area contributed by atoms with Gasteiger partial charge in [-0.15, -0.1) is 0 Å². The van der Waals surface area contributed by atoms with E-state index in [0.717, 1.165) is 36.8 Å². The van der Waals surface area contributed by atoms with Crippen LogP contribution in [0.3, 0.4) is 0 Å². The maximum Gasteiger partial charge on any atom is 0.166 e. The van der Waals surface area contributed by atoms with Crippen LogP contribution in [0, 0.1) is 11.8 Å². The molecule has 2 unspecified atom stereocenters. The van der Waals surface area contributed by atoms with Crippen molar-refractivity contribution in [3.63, 3.8) is 0 Å². The lowest BCUT2D eigenvalue weighted by atomic mass is 9.91. The van der Waals surface area contributed by atoms with Crippen molar-refractivity contribution in [3.8, 4) is 5.75 Å². The van der Waals surface area contributed by atoms with E-state index in [1.165, 1.54) is 0 Å².